The van der Waals surface area contributed by atoms with Gasteiger partial charge in [-0.2, -0.15) is 13.2 Å². The molecule has 3 aromatic rings. The van der Waals surface area contributed by atoms with Crippen LogP contribution in [-0.4, -0.2) is 32.3 Å². The highest BCUT2D eigenvalue weighted by Crippen LogP contribution is 2.32. The van der Waals surface area contributed by atoms with Crippen LogP contribution in [0.3, 0.4) is 0 Å². The zero-order valence-corrected chi connectivity index (χ0v) is 15.9. The standard InChI is InChI=1S/C17H15F3N4OS2/c1-9-15(27-10(2)22-9)12-8-26-16(23-12)24-14-6-4-11(7-21-14)3-5-13(25)17(18,19)20/h3-8,13,25H,1-2H3,(H,21,23,24)/b5-3+. The molecule has 0 saturated carbocycles. The summed E-state index contributed by atoms with van der Waals surface area (Å²) in [6.07, 6.45) is -3.92. The first kappa shape index (κ1) is 19.5. The second-order valence-corrected chi connectivity index (χ2v) is 7.69. The van der Waals surface area contributed by atoms with Gasteiger partial charge in [-0.1, -0.05) is 6.08 Å². The number of hydrogen-bond donors (Lipinski definition) is 2. The minimum Gasteiger partial charge on any atom is -0.380 e. The Balaban J connectivity index is 1.67. The monoisotopic (exact) mass is 412 g/mol. The van der Waals surface area contributed by atoms with Crippen molar-refractivity contribution in [3.63, 3.8) is 0 Å². The lowest BCUT2D eigenvalue weighted by atomic mass is 10.2. The van der Waals surface area contributed by atoms with Gasteiger partial charge in [0, 0.05) is 11.6 Å². The number of nitrogens with one attached hydrogen (secondary N) is 1. The maximum Gasteiger partial charge on any atom is 0.417 e. The first-order valence-corrected chi connectivity index (χ1v) is 9.48. The predicted molar refractivity (Wildman–Crippen MR) is 101 cm³/mol. The SMILES string of the molecule is Cc1nc(C)c(-c2csc(Nc3ccc(/C=C/C(O)C(F)(F)F)cn3)n2)s1. The number of aromatic nitrogens is 3. The van der Waals surface area contributed by atoms with Crippen LogP contribution in [0.25, 0.3) is 16.6 Å². The van der Waals surface area contributed by atoms with Gasteiger partial charge in [-0.15, -0.1) is 22.7 Å². The van der Waals surface area contributed by atoms with Crippen LogP contribution in [0.5, 0.6) is 0 Å². The molecule has 1 atom stereocenters. The van der Waals surface area contributed by atoms with Gasteiger partial charge in [0.1, 0.15) is 5.82 Å². The fourth-order valence-corrected chi connectivity index (χ4v) is 3.87. The second kappa shape index (κ2) is 7.75. The van der Waals surface area contributed by atoms with Crippen molar-refractivity contribution in [3.8, 4) is 10.6 Å². The van der Waals surface area contributed by atoms with Crippen molar-refractivity contribution in [2.75, 3.05) is 5.32 Å². The fourth-order valence-electron chi connectivity index (χ4n) is 2.20. The summed E-state index contributed by atoms with van der Waals surface area (Å²) in [6, 6.07) is 3.23. The van der Waals surface area contributed by atoms with Gasteiger partial charge in [-0.3, -0.25) is 0 Å². The van der Waals surface area contributed by atoms with Crippen LogP contribution >= 0.6 is 22.7 Å². The van der Waals surface area contributed by atoms with Gasteiger partial charge in [-0.25, -0.2) is 15.0 Å². The van der Waals surface area contributed by atoms with Gasteiger partial charge in [-0.05, 0) is 37.6 Å². The number of thiazole rings is 2. The molecule has 142 valence electrons. The minimum atomic E-state index is -4.68. The molecule has 0 aromatic carbocycles. The third kappa shape index (κ3) is 4.90. The highest BCUT2D eigenvalue weighted by Gasteiger charge is 2.36. The van der Waals surface area contributed by atoms with E-state index in [-0.39, 0.29) is 0 Å². The molecule has 0 aliphatic heterocycles. The highest BCUT2D eigenvalue weighted by molar-refractivity contribution is 7.16. The summed E-state index contributed by atoms with van der Waals surface area (Å²) >= 11 is 3.00. The number of hydrogen-bond acceptors (Lipinski definition) is 7. The van der Waals surface area contributed by atoms with E-state index < -0.39 is 12.3 Å². The predicted octanol–water partition coefficient (Wildman–Crippen LogP) is 4.96. The van der Waals surface area contributed by atoms with E-state index in [4.69, 9.17) is 5.11 Å². The first-order valence-electron chi connectivity index (χ1n) is 7.78. The Morgan fingerprint density at radius 3 is 2.59 bits per heavy atom. The summed E-state index contributed by atoms with van der Waals surface area (Å²) in [5.41, 5.74) is 2.22. The maximum atomic E-state index is 12.3. The molecule has 0 aliphatic carbocycles. The number of alkyl halides is 3. The maximum absolute atomic E-state index is 12.3. The number of rotatable bonds is 5. The number of pyridine rings is 1. The molecule has 0 fully saturated rings. The Kier molecular flexibility index (Phi) is 5.59. The number of nitrogens with zero attached hydrogens (tertiary/aromatic N) is 3. The van der Waals surface area contributed by atoms with Gasteiger partial charge in [0.2, 0.25) is 0 Å². The highest BCUT2D eigenvalue weighted by atomic mass is 32.1. The summed E-state index contributed by atoms with van der Waals surface area (Å²) in [4.78, 5) is 14.1. The summed E-state index contributed by atoms with van der Waals surface area (Å²) in [6.45, 7) is 3.88. The molecule has 1 unspecified atom stereocenters. The number of aliphatic hydroxyl groups excluding tert-OH is 1. The lowest BCUT2D eigenvalue weighted by Crippen LogP contribution is -2.25. The van der Waals surface area contributed by atoms with E-state index in [1.165, 1.54) is 23.6 Å². The van der Waals surface area contributed by atoms with Gasteiger partial charge in [0.25, 0.3) is 0 Å². The quantitative estimate of drug-likeness (QED) is 0.620. The first-order chi connectivity index (χ1) is 12.7. The topological polar surface area (TPSA) is 70.9 Å². The molecule has 0 aliphatic rings. The normalized spacial score (nSPS) is 13.3. The molecule has 10 heteroatoms. The van der Waals surface area contributed by atoms with Crippen LogP contribution in [0.15, 0.2) is 29.8 Å². The van der Waals surface area contributed by atoms with Gasteiger partial charge in [0.15, 0.2) is 11.2 Å². The van der Waals surface area contributed by atoms with E-state index in [0.717, 1.165) is 21.3 Å². The summed E-state index contributed by atoms with van der Waals surface area (Å²) in [5, 5.41) is 15.6. The minimum absolute atomic E-state index is 0.444. The molecule has 0 radical (unpaired) electrons. The molecule has 3 aromatic heterocycles. The van der Waals surface area contributed by atoms with Crippen LogP contribution in [0, 0.1) is 13.8 Å². The molecular weight excluding hydrogens is 397 g/mol. The number of aliphatic hydroxyl groups is 1. The Labute approximate surface area is 161 Å². The fraction of sp³-hybridized carbons (Fsp3) is 0.235. The van der Waals surface area contributed by atoms with Crippen molar-refractivity contribution in [1.82, 2.24) is 15.0 Å². The van der Waals surface area contributed by atoms with Crippen LogP contribution in [0.1, 0.15) is 16.3 Å². The molecule has 0 saturated heterocycles. The molecule has 3 heterocycles. The van der Waals surface area contributed by atoms with E-state index in [2.05, 4.69) is 20.3 Å². The van der Waals surface area contributed by atoms with Crippen molar-refractivity contribution in [2.24, 2.45) is 0 Å². The van der Waals surface area contributed by atoms with E-state index in [9.17, 15) is 13.2 Å². The van der Waals surface area contributed by atoms with Crippen LogP contribution in [0.4, 0.5) is 24.1 Å². The largest absolute Gasteiger partial charge is 0.417 e. The zero-order chi connectivity index (χ0) is 19.6. The molecular formula is C17H15F3N4OS2. The third-order valence-corrected chi connectivity index (χ3v) is 5.32. The van der Waals surface area contributed by atoms with Gasteiger partial charge in [0.05, 0.1) is 21.3 Å². The Morgan fingerprint density at radius 2 is 2.00 bits per heavy atom. The molecule has 2 N–H and O–H groups in total. The van der Waals surface area contributed by atoms with Crippen LogP contribution in [-0.2, 0) is 0 Å². The van der Waals surface area contributed by atoms with Crippen molar-refractivity contribution < 1.29 is 18.3 Å². The Morgan fingerprint density at radius 1 is 1.22 bits per heavy atom. The van der Waals surface area contributed by atoms with E-state index >= 15 is 0 Å². The summed E-state index contributed by atoms with van der Waals surface area (Å²) in [7, 11) is 0. The van der Waals surface area contributed by atoms with Gasteiger partial charge >= 0.3 is 6.18 Å². The van der Waals surface area contributed by atoms with Crippen LogP contribution in [0.2, 0.25) is 0 Å². The lowest BCUT2D eigenvalue weighted by Gasteiger charge is -2.09. The third-order valence-electron chi connectivity index (χ3n) is 3.47. The van der Waals surface area contributed by atoms with Crippen molar-refractivity contribution >= 4 is 39.7 Å². The average Bonchev–Trinajstić information content (AvgIpc) is 3.18. The smallest absolute Gasteiger partial charge is 0.380 e. The van der Waals surface area contributed by atoms with Crippen molar-refractivity contribution in [1.29, 1.82) is 0 Å². The lowest BCUT2D eigenvalue weighted by molar-refractivity contribution is -0.187. The molecule has 5 nitrogen and oxygen atoms in total. The number of halogens is 3. The van der Waals surface area contributed by atoms with Crippen molar-refractivity contribution in [2.45, 2.75) is 26.1 Å². The second-order valence-electron chi connectivity index (χ2n) is 5.63. The zero-order valence-electron chi connectivity index (χ0n) is 14.3. The van der Waals surface area contributed by atoms with Crippen LogP contribution < -0.4 is 5.32 Å². The average molecular weight is 412 g/mol. The number of anilines is 2. The molecule has 0 spiro atoms. The van der Waals surface area contributed by atoms with Crippen molar-refractivity contribution in [3.05, 3.63) is 46.1 Å². The molecule has 0 amide bonds. The Hall–Kier alpha value is -2.30. The van der Waals surface area contributed by atoms with E-state index in [0.29, 0.717) is 22.6 Å². The number of aryl methyl sites for hydroxylation is 2. The molecule has 3 rings (SSSR count). The van der Waals surface area contributed by atoms with Gasteiger partial charge < -0.3 is 10.4 Å². The Bertz CT molecular complexity index is 948. The summed E-state index contributed by atoms with van der Waals surface area (Å²) < 4.78 is 36.8. The molecule has 27 heavy (non-hydrogen) atoms. The van der Waals surface area contributed by atoms with E-state index in [1.54, 1.807) is 23.5 Å². The molecule has 0 bridgehead atoms. The summed E-state index contributed by atoms with van der Waals surface area (Å²) in [5.74, 6) is 0.515. The van der Waals surface area contributed by atoms with E-state index in [1.807, 2.05) is 19.2 Å².